The average molecular weight is 218 g/mol. The first-order valence-corrected chi connectivity index (χ1v) is 5.92. The standard InChI is InChI=1S/C14H20NO/c1-3-8-11(4-2)13(14(15)16)12-9-6-5-7-10-12/h5-7,9-11H,3-4,8H2,1-2H3,(H2,15,16). The van der Waals surface area contributed by atoms with Crippen molar-refractivity contribution in [3.8, 4) is 0 Å². The molecule has 0 spiro atoms. The summed E-state index contributed by atoms with van der Waals surface area (Å²) in [6, 6.07) is 9.74. The van der Waals surface area contributed by atoms with Crippen LogP contribution in [0.2, 0.25) is 0 Å². The van der Waals surface area contributed by atoms with Crippen molar-refractivity contribution in [2.75, 3.05) is 0 Å². The van der Waals surface area contributed by atoms with E-state index in [2.05, 4.69) is 13.8 Å². The molecule has 0 aliphatic carbocycles. The quantitative estimate of drug-likeness (QED) is 0.783. The molecule has 0 aliphatic heterocycles. The lowest BCUT2D eigenvalue weighted by Crippen LogP contribution is -2.28. The molecular weight excluding hydrogens is 198 g/mol. The Bertz CT molecular complexity index is 321. The van der Waals surface area contributed by atoms with Gasteiger partial charge in [0.15, 0.2) is 0 Å². The third kappa shape index (κ3) is 3.09. The lowest BCUT2D eigenvalue weighted by Gasteiger charge is -2.22. The molecule has 0 aromatic heterocycles. The lowest BCUT2D eigenvalue weighted by molar-refractivity contribution is -0.116. The zero-order valence-corrected chi connectivity index (χ0v) is 10.1. The molecule has 2 N–H and O–H groups in total. The van der Waals surface area contributed by atoms with E-state index in [-0.39, 0.29) is 11.8 Å². The van der Waals surface area contributed by atoms with Crippen LogP contribution in [-0.2, 0) is 4.79 Å². The Morgan fingerprint density at radius 3 is 2.31 bits per heavy atom. The molecule has 1 radical (unpaired) electrons. The van der Waals surface area contributed by atoms with Crippen LogP contribution in [0.4, 0.5) is 0 Å². The second-order valence-electron chi connectivity index (χ2n) is 4.04. The minimum atomic E-state index is -0.286. The molecule has 2 heteroatoms. The average Bonchev–Trinajstić information content (AvgIpc) is 2.29. The predicted octanol–water partition coefficient (Wildman–Crippen LogP) is 2.92. The van der Waals surface area contributed by atoms with Gasteiger partial charge in [-0.3, -0.25) is 4.79 Å². The summed E-state index contributed by atoms with van der Waals surface area (Å²) in [6.45, 7) is 4.23. The first kappa shape index (κ1) is 12.8. The molecule has 0 fully saturated rings. The van der Waals surface area contributed by atoms with Crippen LogP contribution in [0.5, 0.6) is 0 Å². The maximum Gasteiger partial charge on any atom is 0.229 e. The highest BCUT2D eigenvalue weighted by molar-refractivity contribution is 5.93. The Balaban J connectivity index is 2.94. The van der Waals surface area contributed by atoms with Gasteiger partial charge in [0, 0.05) is 0 Å². The molecule has 87 valence electrons. The van der Waals surface area contributed by atoms with Gasteiger partial charge in [0.05, 0.1) is 5.92 Å². The molecule has 0 bridgehead atoms. The Morgan fingerprint density at radius 2 is 1.88 bits per heavy atom. The van der Waals surface area contributed by atoms with Crippen molar-refractivity contribution in [1.82, 2.24) is 0 Å². The summed E-state index contributed by atoms with van der Waals surface area (Å²) in [6.07, 6.45) is 3.05. The van der Waals surface area contributed by atoms with E-state index in [4.69, 9.17) is 5.73 Å². The Hall–Kier alpha value is -1.31. The lowest BCUT2D eigenvalue weighted by atomic mass is 9.81. The molecule has 0 saturated carbocycles. The topological polar surface area (TPSA) is 43.1 Å². The molecule has 1 atom stereocenters. The van der Waals surface area contributed by atoms with Crippen LogP contribution in [0, 0.1) is 11.8 Å². The summed E-state index contributed by atoms with van der Waals surface area (Å²) in [5.74, 6) is 0.779. The fourth-order valence-electron chi connectivity index (χ4n) is 2.10. The van der Waals surface area contributed by atoms with E-state index < -0.39 is 0 Å². The van der Waals surface area contributed by atoms with Crippen LogP contribution >= 0.6 is 0 Å². The summed E-state index contributed by atoms with van der Waals surface area (Å²) in [7, 11) is 0. The van der Waals surface area contributed by atoms with Gasteiger partial charge in [-0.05, 0) is 17.9 Å². The van der Waals surface area contributed by atoms with E-state index >= 15 is 0 Å². The van der Waals surface area contributed by atoms with E-state index in [9.17, 15) is 4.79 Å². The molecule has 16 heavy (non-hydrogen) atoms. The second kappa shape index (κ2) is 6.31. The number of amides is 1. The molecule has 0 aliphatic rings. The van der Waals surface area contributed by atoms with Crippen LogP contribution in [0.3, 0.4) is 0 Å². The molecular formula is C14H20NO. The highest BCUT2D eigenvalue weighted by Gasteiger charge is 2.26. The van der Waals surface area contributed by atoms with Crippen molar-refractivity contribution in [1.29, 1.82) is 0 Å². The fourth-order valence-corrected chi connectivity index (χ4v) is 2.10. The Morgan fingerprint density at radius 1 is 1.25 bits per heavy atom. The zero-order chi connectivity index (χ0) is 12.0. The molecule has 1 aromatic carbocycles. The Kier molecular flexibility index (Phi) is 5.03. The van der Waals surface area contributed by atoms with E-state index in [1.54, 1.807) is 0 Å². The van der Waals surface area contributed by atoms with Crippen molar-refractivity contribution >= 4 is 5.91 Å². The number of carbonyl (C=O) groups excluding carboxylic acids is 1. The van der Waals surface area contributed by atoms with Crippen LogP contribution < -0.4 is 5.73 Å². The second-order valence-corrected chi connectivity index (χ2v) is 4.04. The molecule has 1 amide bonds. The van der Waals surface area contributed by atoms with E-state index in [1.165, 1.54) is 0 Å². The highest BCUT2D eigenvalue weighted by atomic mass is 16.1. The summed E-state index contributed by atoms with van der Waals surface area (Å²) in [5.41, 5.74) is 6.47. The van der Waals surface area contributed by atoms with Crippen LogP contribution in [0.15, 0.2) is 30.3 Å². The number of carbonyl (C=O) groups is 1. The van der Waals surface area contributed by atoms with Gasteiger partial charge in [-0.1, -0.05) is 57.0 Å². The summed E-state index contributed by atoms with van der Waals surface area (Å²) < 4.78 is 0. The van der Waals surface area contributed by atoms with Gasteiger partial charge in [0.25, 0.3) is 0 Å². The number of hydrogen-bond donors (Lipinski definition) is 1. The smallest absolute Gasteiger partial charge is 0.229 e. The zero-order valence-electron chi connectivity index (χ0n) is 10.1. The van der Waals surface area contributed by atoms with Gasteiger partial charge in [-0.2, -0.15) is 0 Å². The number of rotatable bonds is 6. The predicted molar refractivity (Wildman–Crippen MR) is 66.7 cm³/mol. The van der Waals surface area contributed by atoms with Crippen LogP contribution in [0.25, 0.3) is 0 Å². The molecule has 0 saturated heterocycles. The number of primary amides is 1. The maximum atomic E-state index is 11.6. The number of hydrogen-bond acceptors (Lipinski definition) is 1. The van der Waals surface area contributed by atoms with Crippen molar-refractivity contribution in [3.05, 3.63) is 41.8 Å². The van der Waals surface area contributed by atoms with Gasteiger partial charge in [-0.25, -0.2) is 0 Å². The first-order valence-electron chi connectivity index (χ1n) is 5.92. The van der Waals surface area contributed by atoms with Gasteiger partial charge in [0.1, 0.15) is 0 Å². The number of benzene rings is 1. The van der Waals surface area contributed by atoms with E-state index in [0.29, 0.717) is 0 Å². The van der Waals surface area contributed by atoms with Crippen molar-refractivity contribution in [3.63, 3.8) is 0 Å². The monoisotopic (exact) mass is 218 g/mol. The number of nitrogens with two attached hydrogens (primary N) is 1. The van der Waals surface area contributed by atoms with Gasteiger partial charge < -0.3 is 5.73 Å². The van der Waals surface area contributed by atoms with Crippen molar-refractivity contribution in [2.24, 2.45) is 11.7 Å². The minimum absolute atomic E-state index is 0.282. The maximum absolute atomic E-state index is 11.6. The summed E-state index contributed by atoms with van der Waals surface area (Å²) in [5, 5.41) is 0. The minimum Gasteiger partial charge on any atom is -0.369 e. The fraction of sp³-hybridized carbons (Fsp3) is 0.429. The van der Waals surface area contributed by atoms with Gasteiger partial charge in [0.2, 0.25) is 5.91 Å². The van der Waals surface area contributed by atoms with Gasteiger partial charge in [-0.15, -0.1) is 0 Å². The first-order chi connectivity index (χ1) is 7.70. The molecule has 1 rings (SSSR count). The third-order valence-electron chi connectivity index (χ3n) is 2.89. The molecule has 1 aromatic rings. The molecule has 2 nitrogen and oxygen atoms in total. The van der Waals surface area contributed by atoms with Crippen LogP contribution in [-0.4, -0.2) is 5.91 Å². The molecule has 0 heterocycles. The van der Waals surface area contributed by atoms with E-state index in [0.717, 1.165) is 30.7 Å². The highest BCUT2D eigenvalue weighted by Crippen LogP contribution is 2.29. The van der Waals surface area contributed by atoms with Crippen LogP contribution in [0.1, 0.15) is 38.7 Å². The third-order valence-corrected chi connectivity index (χ3v) is 2.89. The largest absolute Gasteiger partial charge is 0.369 e. The van der Waals surface area contributed by atoms with Crippen molar-refractivity contribution in [2.45, 2.75) is 33.1 Å². The Labute approximate surface area is 97.9 Å². The normalized spacial score (nSPS) is 12.7. The molecule has 1 unspecified atom stereocenters. The summed E-state index contributed by atoms with van der Waals surface area (Å²) >= 11 is 0. The van der Waals surface area contributed by atoms with Crippen molar-refractivity contribution < 1.29 is 4.79 Å². The van der Waals surface area contributed by atoms with E-state index in [1.807, 2.05) is 30.3 Å². The SMILES string of the molecule is CCCC(CC)[C](C(N)=O)c1ccccc1. The van der Waals surface area contributed by atoms with Gasteiger partial charge >= 0.3 is 0 Å². The summed E-state index contributed by atoms with van der Waals surface area (Å²) in [4.78, 5) is 11.6.